The number of hydrogen-bond donors (Lipinski definition) is 0. The molecule has 2 aromatic heterocycles. The van der Waals surface area contributed by atoms with Crippen LogP contribution in [0.4, 0.5) is 0 Å². The maximum atomic E-state index is 6.76. The van der Waals surface area contributed by atoms with Crippen molar-refractivity contribution in [2.75, 3.05) is 0 Å². The Morgan fingerprint density at radius 1 is 0.353 bits per heavy atom. The molecule has 0 atom stereocenters. The number of aromatic nitrogens is 4. The van der Waals surface area contributed by atoms with Gasteiger partial charge in [-0.1, -0.05) is 146 Å². The van der Waals surface area contributed by atoms with Gasteiger partial charge in [-0.3, -0.25) is 0 Å². The Bertz CT molecular complexity index is 2550. The molecule has 0 bridgehead atoms. The lowest BCUT2D eigenvalue weighted by Gasteiger charge is -2.16. The lowest BCUT2D eigenvalue weighted by Crippen LogP contribution is -1.98. The smallest absolute Gasteiger partial charge is 0.160 e. The topological polar surface area (TPSA) is 60.8 Å². The highest BCUT2D eigenvalue weighted by Gasteiger charge is 2.18. The van der Waals surface area contributed by atoms with Crippen LogP contribution in [0, 0.1) is 0 Å². The summed E-state index contributed by atoms with van der Waals surface area (Å²) >= 11 is 0. The summed E-state index contributed by atoms with van der Waals surface area (Å²) in [6.45, 7) is 0. The van der Waals surface area contributed by atoms with E-state index in [-0.39, 0.29) is 0 Å². The fourth-order valence-electron chi connectivity index (χ4n) is 6.49. The third-order valence-electron chi connectivity index (χ3n) is 9.06. The van der Waals surface area contributed by atoms with Crippen molar-refractivity contribution in [2.45, 2.75) is 0 Å². The molecule has 0 spiro atoms. The van der Waals surface area contributed by atoms with Crippen molar-refractivity contribution in [2.24, 2.45) is 0 Å². The van der Waals surface area contributed by atoms with Gasteiger partial charge in [0.2, 0.25) is 0 Å². The molecule has 5 heteroatoms. The summed E-state index contributed by atoms with van der Waals surface area (Å²) in [6.07, 6.45) is 8.05. The second-order valence-corrected chi connectivity index (χ2v) is 12.3. The van der Waals surface area contributed by atoms with E-state index in [9.17, 15) is 0 Å². The van der Waals surface area contributed by atoms with Gasteiger partial charge in [-0.15, -0.1) is 0 Å². The molecule has 9 rings (SSSR count). The van der Waals surface area contributed by atoms with Gasteiger partial charge in [-0.25, -0.2) is 19.9 Å². The molecule has 0 unspecified atom stereocenters. The predicted octanol–water partition coefficient (Wildman–Crippen LogP) is 11.5. The summed E-state index contributed by atoms with van der Waals surface area (Å²) in [5, 5.41) is 0. The highest BCUT2D eigenvalue weighted by Crippen LogP contribution is 2.42. The highest BCUT2D eigenvalue weighted by molar-refractivity contribution is 5.90. The van der Waals surface area contributed by atoms with Crippen molar-refractivity contribution in [3.63, 3.8) is 0 Å². The highest BCUT2D eigenvalue weighted by atomic mass is 16.5. The van der Waals surface area contributed by atoms with E-state index < -0.39 is 0 Å². The molecule has 240 valence electrons. The first-order chi connectivity index (χ1) is 25.3. The van der Waals surface area contributed by atoms with Gasteiger partial charge in [0, 0.05) is 45.8 Å². The molecule has 0 radical (unpaired) electrons. The monoisotopic (exact) mass is 654 g/mol. The van der Waals surface area contributed by atoms with Crippen molar-refractivity contribution in [1.29, 1.82) is 0 Å². The first kappa shape index (κ1) is 30.1. The summed E-state index contributed by atoms with van der Waals surface area (Å²) < 4.78 is 6.76. The number of para-hydroxylation sites is 2. The largest absolute Gasteiger partial charge is 0.456 e. The first-order valence-corrected chi connectivity index (χ1v) is 16.9. The van der Waals surface area contributed by atoms with Gasteiger partial charge in [-0.2, -0.15) is 0 Å². The van der Waals surface area contributed by atoms with Crippen LogP contribution < -0.4 is 4.74 Å². The van der Waals surface area contributed by atoms with Gasteiger partial charge in [0.05, 0.1) is 11.4 Å². The standard InChI is InChI=1S/C46H30N4O/c1-3-14-33(15-4-1)45-47-29-36(30-48-45)42-28-41(49-46(50-42)34-16-5-2-6-17-34)35-26-25-32-24-23-31-13-7-8-18-37(31)38-19-9-11-21-43(38)51-44-22-12-10-20-39(44)40(32)27-35/h1-30H. The Balaban J connectivity index is 1.21. The van der Waals surface area contributed by atoms with Gasteiger partial charge in [0.15, 0.2) is 11.6 Å². The fourth-order valence-corrected chi connectivity index (χ4v) is 6.49. The Morgan fingerprint density at radius 2 is 0.863 bits per heavy atom. The molecule has 0 amide bonds. The Labute approximate surface area is 296 Å². The van der Waals surface area contributed by atoms with Crippen molar-refractivity contribution in [1.82, 2.24) is 19.9 Å². The lowest BCUT2D eigenvalue weighted by molar-refractivity contribution is 0.486. The molecule has 51 heavy (non-hydrogen) atoms. The third kappa shape index (κ3) is 5.98. The summed E-state index contributed by atoms with van der Waals surface area (Å²) in [5.41, 5.74) is 11.6. The van der Waals surface area contributed by atoms with Crippen LogP contribution in [0.2, 0.25) is 0 Å². The Kier molecular flexibility index (Phi) is 7.76. The zero-order chi connectivity index (χ0) is 34.0. The van der Waals surface area contributed by atoms with E-state index in [2.05, 4.69) is 78.9 Å². The fraction of sp³-hybridized carbons (Fsp3) is 0. The van der Waals surface area contributed by atoms with E-state index in [1.807, 2.05) is 103 Å². The molecule has 8 aromatic rings. The van der Waals surface area contributed by atoms with Crippen LogP contribution >= 0.6 is 0 Å². The van der Waals surface area contributed by atoms with Gasteiger partial charge < -0.3 is 4.74 Å². The molecule has 0 saturated carbocycles. The van der Waals surface area contributed by atoms with Crippen molar-refractivity contribution in [3.05, 3.63) is 181 Å². The van der Waals surface area contributed by atoms with Crippen LogP contribution in [0.25, 0.3) is 79.7 Å². The Morgan fingerprint density at radius 3 is 1.53 bits per heavy atom. The van der Waals surface area contributed by atoms with Crippen LogP contribution in [-0.2, 0) is 0 Å². The molecule has 1 aliphatic rings. The maximum Gasteiger partial charge on any atom is 0.160 e. The maximum absolute atomic E-state index is 6.76. The second kappa shape index (κ2) is 13.1. The normalized spacial score (nSPS) is 11.6. The molecule has 0 aliphatic carbocycles. The van der Waals surface area contributed by atoms with E-state index in [4.69, 9.17) is 24.7 Å². The molecule has 3 heterocycles. The van der Waals surface area contributed by atoms with Crippen molar-refractivity contribution >= 4 is 12.2 Å². The number of ether oxygens (including phenoxy) is 1. The summed E-state index contributed by atoms with van der Waals surface area (Å²) in [7, 11) is 0. The lowest BCUT2D eigenvalue weighted by atomic mass is 9.94. The Hall–Kier alpha value is -6.98. The van der Waals surface area contributed by atoms with E-state index in [0.29, 0.717) is 11.6 Å². The van der Waals surface area contributed by atoms with Gasteiger partial charge in [0.1, 0.15) is 11.5 Å². The molecular formula is C46H30N4O. The number of hydrogen-bond acceptors (Lipinski definition) is 5. The number of rotatable bonds is 4. The third-order valence-corrected chi connectivity index (χ3v) is 9.06. The van der Waals surface area contributed by atoms with Crippen LogP contribution in [0.1, 0.15) is 11.1 Å². The zero-order valence-corrected chi connectivity index (χ0v) is 27.5. The molecule has 0 N–H and O–H groups in total. The minimum atomic E-state index is 0.628. The van der Waals surface area contributed by atoms with Crippen molar-refractivity contribution in [3.8, 4) is 79.0 Å². The SMILES string of the molecule is C1=Cc2ccc(-c3cc(-c4cnc(-c5ccccc5)nc4)nc(-c4ccccc4)n3)cc2-c2ccccc2Oc2ccccc2-c2ccccc21. The molecule has 0 saturated heterocycles. The molecule has 1 aliphatic heterocycles. The quantitative estimate of drug-likeness (QED) is 0.189. The number of fused-ring (bicyclic) bond motifs is 6. The summed E-state index contributed by atoms with van der Waals surface area (Å²) in [5.74, 6) is 2.88. The molecule has 6 aromatic carbocycles. The van der Waals surface area contributed by atoms with E-state index in [1.165, 1.54) is 0 Å². The molecule has 0 fully saturated rings. The van der Waals surface area contributed by atoms with Crippen molar-refractivity contribution < 1.29 is 4.74 Å². The summed E-state index contributed by atoms with van der Waals surface area (Å²) in [6, 6.07) is 53.4. The van der Waals surface area contributed by atoms with Gasteiger partial charge in [-0.05, 0) is 46.5 Å². The first-order valence-electron chi connectivity index (χ1n) is 16.9. The van der Waals surface area contributed by atoms with Gasteiger partial charge >= 0.3 is 0 Å². The minimum Gasteiger partial charge on any atom is -0.456 e. The van der Waals surface area contributed by atoms with Gasteiger partial charge in [0.25, 0.3) is 0 Å². The zero-order valence-electron chi connectivity index (χ0n) is 27.5. The van der Waals surface area contributed by atoms with E-state index in [0.717, 1.165) is 78.5 Å². The van der Waals surface area contributed by atoms with E-state index in [1.54, 1.807) is 0 Å². The van der Waals surface area contributed by atoms with Crippen LogP contribution in [0.3, 0.4) is 0 Å². The summed E-state index contributed by atoms with van der Waals surface area (Å²) in [4.78, 5) is 19.5. The average molecular weight is 655 g/mol. The van der Waals surface area contributed by atoms with Crippen LogP contribution in [0.5, 0.6) is 11.5 Å². The predicted molar refractivity (Wildman–Crippen MR) is 206 cm³/mol. The average Bonchev–Trinajstić information content (AvgIpc) is 3.23. The van der Waals surface area contributed by atoms with Crippen LogP contribution in [0.15, 0.2) is 170 Å². The second-order valence-electron chi connectivity index (χ2n) is 12.3. The van der Waals surface area contributed by atoms with Crippen LogP contribution in [-0.4, -0.2) is 19.9 Å². The minimum absolute atomic E-state index is 0.628. The molecule has 5 nitrogen and oxygen atoms in total. The van der Waals surface area contributed by atoms with E-state index >= 15 is 0 Å². The number of nitrogens with zero attached hydrogens (tertiary/aromatic N) is 4. The molecular weight excluding hydrogens is 625 g/mol. The number of benzene rings is 6.